The van der Waals surface area contributed by atoms with Crippen molar-refractivity contribution < 1.29 is 8.42 Å². The Bertz CT molecular complexity index is 728. The van der Waals surface area contributed by atoms with Crippen LogP contribution in [0.15, 0.2) is 36.7 Å². The second kappa shape index (κ2) is 6.78. The molecule has 0 aliphatic carbocycles. The van der Waals surface area contributed by atoms with Crippen LogP contribution in [0.1, 0.15) is 11.1 Å². The van der Waals surface area contributed by atoms with Crippen molar-refractivity contribution in [1.82, 2.24) is 18.4 Å². The zero-order valence-corrected chi connectivity index (χ0v) is 14.3. The predicted octanol–water partition coefficient (Wildman–Crippen LogP) is 1.88. The van der Waals surface area contributed by atoms with Crippen LogP contribution in [-0.2, 0) is 30.3 Å². The number of rotatable bonds is 6. The van der Waals surface area contributed by atoms with Crippen molar-refractivity contribution in [2.24, 2.45) is 7.05 Å². The molecule has 8 heteroatoms. The molecule has 6 nitrogen and oxygen atoms in total. The first kappa shape index (κ1) is 17.0. The van der Waals surface area contributed by atoms with Gasteiger partial charge in [-0.3, -0.25) is 4.68 Å². The molecule has 0 bridgehead atoms. The molecule has 120 valence electrons. The lowest BCUT2D eigenvalue weighted by Gasteiger charge is -2.24. The smallest absolute Gasteiger partial charge is 0.275 e. The molecule has 0 atom stereocenters. The van der Waals surface area contributed by atoms with Crippen LogP contribution in [0.2, 0.25) is 5.02 Å². The molecule has 22 heavy (non-hydrogen) atoms. The van der Waals surface area contributed by atoms with Crippen molar-refractivity contribution >= 4 is 21.8 Å². The lowest BCUT2D eigenvalue weighted by atomic mass is 10.2. The molecule has 0 fully saturated rings. The molecule has 2 rings (SSSR count). The van der Waals surface area contributed by atoms with Gasteiger partial charge in [0.15, 0.2) is 0 Å². The van der Waals surface area contributed by atoms with Gasteiger partial charge < -0.3 is 0 Å². The molecular weight excluding hydrogens is 324 g/mol. The van der Waals surface area contributed by atoms with Gasteiger partial charge in [0.1, 0.15) is 0 Å². The standard InChI is InChI=1S/C14H19ClN4O2S/c1-17-9-13(8-16-17)11-19(3)22(20,21)18(2)10-12-4-6-14(15)7-5-12/h4-9H,10-11H2,1-3H3. The van der Waals surface area contributed by atoms with Crippen LogP contribution in [0.25, 0.3) is 0 Å². The Hall–Kier alpha value is -1.41. The fourth-order valence-corrected chi connectivity index (χ4v) is 3.28. The summed E-state index contributed by atoms with van der Waals surface area (Å²) in [7, 11) is 1.37. The van der Waals surface area contributed by atoms with Crippen LogP contribution in [0, 0.1) is 0 Å². The molecule has 0 spiro atoms. The van der Waals surface area contributed by atoms with E-state index in [0.29, 0.717) is 5.02 Å². The average Bonchev–Trinajstić information content (AvgIpc) is 2.86. The minimum atomic E-state index is -3.54. The summed E-state index contributed by atoms with van der Waals surface area (Å²) in [5.41, 5.74) is 1.72. The molecule has 0 saturated heterocycles. The SMILES string of the molecule is CN(Cc1ccc(Cl)cc1)S(=O)(=O)N(C)Cc1cnn(C)c1. The Balaban J connectivity index is 2.05. The largest absolute Gasteiger partial charge is 0.282 e. The van der Waals surface area contributed by atoms with Crippen LogP contribution < -0.4 is 0 Å². The summed E-state index contributed by atoms with van der Waals surface area (Å²) in [5.74, 6) is 0. The average molecular weight is 343 g/mol. The van der Waals surface area contributed by atoms with Crippen molar-refractivity contribution in [3.63, 3.8) is 0 Å². The van der Waals surface area contributed by atoms with Crippen LogP contribution in [0.4, 0.5) is 0 Å². The van der Waals surface area contributed by atoms with E-state index in [-0.39, 0.29) is 13.1 Å². The van der Waals surface area contributed by atoms with E-state index in [4.69, 9.17) is 11.6 Å². The first-order valence-corrected chi connectivity index (χ1v) is 8.46. The first-order valence-electron chi connectivity index (χ1n) is 6.68. The maximum Gasteiger partial charge on any atom is 0.282 e. The van der Waals surface area contributed by atoms with Crippen molar-refractivity contribution in [2.45, 2.75) is 13.1 Å². The Labute approximate surface area is 136 Å². The highest BCUT2D eigenvalue weighted by Crippen LogP contribution is 2.15. The predicted molar refractivity (Wildman–Crippen MR) is 86.5 cm³/mol. The van der Waals surface area contributed by atoms with Gasteiger partial charge in [0, 0.05) is 51.0 Å². The molecule has 0 aliphatic rings. The van der Waals surface area contributed by atoms with Crippen molar-refractivity contribution in [1.29, 1.82) is 0 Å². The maximum absolute atomic E-state index is 12.5. The molecule has 1 aromatic heterocycles. The van der Waals surface area contributed by atoms with Crippen molar-refractivity contribution in [3.8, 4) is 0 Å². The zero-order valence-electron chi connectivity index (χ0n) is 12.8. The first-order chi connectivity index (χ1) is 10.3. The lowest BCUT2D eigenvalue weighted by molar-refractivity contribution is 0.386. The van der Waals surface area contributed by atoms with Crippen molar-refractivity contribution in [3.05, 3.63) is 52.8 Å². The summed E-state index contributed by atoms with van der Waals surface area (Å²) in [6, 6.07) is 7.12. The van der Waals surface area contributed by atoms with Gasteiger partial charge in [0.2, 0.25) is 0 Å². The molecule has 1 heterocycles. The molecular formula is C14H19ClN4O2S. The van der Waals surface area contributed by atoms with Gasteiger partial charge in [-0.05, 0) is 17.7 Å². The summed E-state index contributed by atoms with van der Waals surface area (Å²) in [4.78, 5) is 0. The molecule has 0 aliphatic heterocycles. The third-order valence-corrected chi connectivity index (χ3v) is 5.36. The van der Waals surface area contributed by atoms with Gasteiger partial charge in [-0.15, -0.1) is 0 Å². The van der Waals surface area contributed by atoms with Gasteiger partial charge >= 0.3 is 0 Å². The van der Waals surface area contributed by atoms with Gasteiger partial charge in [0.05, 0.1) is 6.20 Å². The highest BCUT2D eigenvalue weighted by Gasteiger charge is 2.24. The fourth-order valence-electron chi connectivity index (χ4n) is 2.06. The van der Waals surface area contributed by atoms with E-state index in [1.165, 1.54) is 8.61 Å². The number of aromatic nitrogens is 2. The number of hydrogen-bond donors (Lipinski definition) is 0. The lowest BCUT2D eigenvalue weighted by Crippen LogP contribution is -2.38. The Morgan fingerprint density at radius 1 is 1.09 bits per heavy atom. The normalized spacial score (nSPS) is 12.3. The van der Waals surface area contributed by atoms with E-state index in [2.05, 4.69) is 5.10 Å². The second-order valence-electron chi connectivity index (χ2n) is 5.17. The highest BCUT2D eigenvalue weighted by molar-refractivity contribution is 7.86. The third kappa shape index (κ3) is 4.07. The molecule has 0 amide bonds. The zero-order chi connectivity index (χ0) is 16.3. The monoisotopic (exact) mass is 342 g/mol. The van der Waals surface area contributed by atoms with Gasteiger partial charge in [-0.2, -0.15) is 22.1 Å². The topological polar surface area (TPSA) is 58.4 Å². The molecule has 2 aromatic rings. The maximum atomic E-state index is 12.5. The number of nitrogens with zero attached hydrogens (tertiary/aromatic N) is 4. The molecule has 0 saturated carbocycles. The summed E-state index contributed by atoms with van der Waals surface area (Å²) < 4.78 is 29.3. The molecule has 0 unspecified atom stereocenters. The van der Waals surface area contributed by atoms with E-state index in [1.807, 2.05) is 12.1 Å². The summed E-state index contributed by atoms with van der Waals surface area (Å²) in [5, 5.41) is 4.67. The minimum absolute atomic E-state index is 0.279. The number of hydrogen-bond acceptors (Lipinski definition) is 3. The minimum Gasteiger partial charge on any atom is -0.275 e. The number of benzene rings is 1. The summed E-state index contributed by atoms with van der Waals surface area (Å²) in [6.45, 7) is 0.567. The Kier molecular flexibility index (Phi) is 5.23. The van der Waals surface area contributed by atoms with E-state index in [9.17, 15) is 8.42 Å². The summed E-state index contributed by atoms with van der Waals surface area (Å²) in [6.07, 6.45) is 3.45. The van der Waals surface area contributed by atoms with E-state index in [0.717, 1.165) is 11.1 Å². The highest BCUT2D eigenvalue weighted by atomic mass is 35.5. The van der Waals surface area contributed by atoms with Gasteiger partial charge in [-0.25, -0.2) is 0 Å². The van der Waals surface area contributed by atoms with Gasteiger partial charge in [-0.1, -0.05) is 23.7 Å². The van der Waals surface area contributed by atoms with Crippen LogP contribution in [0.5, 0.6) is 0 Å². The van der Waals surface area contributed by atoms with Crippen molar-refractivity contribution in [2.75, 3.05) is 14.1 Å². The number of halogens is 1. The Morgan fingerprint density at radius 2 is 1.64 bits per heavy atom. The Morgan fingerprint density at radius 3 is 2.14 bits per heavy atom. The van der Waals surface area contributed by atoms with E-state index in [1.54, 1.807) is 50.4 Å². The van der Waals surface area contributed by atoms with Crippen LogP contribution >= 0.6 is 11.6 Å². The quantitative estimate of drug-likeness (QED) is 0.805. The number of aryl methyl sites for hydroxylation is 1. The van der Waals surface area contributed by atoms with Crippen LogP contribution in [0.3, 0.4) is 0 Å². The second-order valence-corrected chi connectivity index (χ2v) is 7.75. The molecule has 0 radical (unpaired) electrons. The fraction of sp³-hybridized carbons (Fsp3) is 0.357. The van der Waals surface area contributed by atoms with Gasteiger partial charge in [0.25, 0.3) is 10.2 Å². The van der Waals surface area contributed by atoms with Crippen LogP contribution in [-0.4, -0.2) is 40.9 Å². The molecule has 1 aromatic carbocycles. The summed E-state index contributed by atoms with van der Waals surface area (Å²) >= 11 is 5.83. The van der Waals surface area contributed by atoms with E-state index >= 15 is 0 Å². The van der Waals surface area contributed by atoms with E-state index < -0.39 is 10.2 Å². The third-order valence-electron chi connectivity index (χ3n) is 3.27. The molecule has 0 N–H and O–H groups in total.